The van der Waals surface area contributed by atoms with E-state index in [2.05, 4.69) is 58.2 Å². The molecule has 0 aliphatic rings. The quantitative estimate of drug-likeness (QED) is 0.0859. The van der Waals surface area contributed by atoms with Gasteiger partial charge in [0, 0.05) is 13.1 Å². The summed E-state index contributed by atoms with van der Waals surface area (Å²) in [4.78, 5) is 70.1. The first-order valence-corrected chi connectivity index (χ1v) is 10.5. The Balaban J connectivity index is 4.30. The van der Waals surface area contributed by atoms with Crippen molar-refractivity contribution >= 4 is 35.4 Å². The van der Waals surface area contributed by atoms with Crippen molar-refractivity contribution < 1.29 is 28.8 Å². The van der Waals surface area contributed by atoms with E-state index >= 15 is 0 Å². The largest absolute Gasteiger partial charge is 0.353 e. The predicted molar refractivity (Wildman–Crippen MR) is 125 cm³/mol. The molecule has 0 aromatic rings. The molecule has 0 aromatic heterocycles. The van der Waals surface area contributed by atoms with Crippen LogP contribution < -0.4 is 31.9 Å². The van der Waals surface area contributed by atoms with E-state index in [1.165, 1.54) is 0 Å². The van der Waals surface area contributed by atoms with Crippen LogP contribution in [-0.4, -0.2) is 60.9 Å². The van der Waals surface area contributed by atoms with E-state index in [-0.39, 0.29) is 0 Å². The molecule has 0 aromatic carbocycles. The molecule has 12 heteroatoms. The third-order valence-electron chi connectivity index (χ3n) is 4.11. The fourth-order valence-electron chi connectivity index (χ4n) is 2.37. The Morgan fingerprint density at radius 2 is 0.765 bits per heavy atom. The second-order valence-corrected chi connectivity index (χ2v) is 6.71. The highest BCUT2D eigenvalue weighted by Gasteiger charge is 2.21. The highest BCUT2D eigenvalue weighted by molar-refractivity contribution is 5.97. The molecule has 6 amide bonds. The molecule has 0 rings (SSSR count). The fourth-order valence-corrected chi connectivity index (χ4v) is 2.37. The minimum atomic E-state index is -1.26. The fraction of sp³-hybridized carbons (Fsp3) is 0.364. The monoisotopic (exact) mass is 476 g/mol. The standard InChI is InChI=1S/C22H32N6O6/c1-5-15(29)25-19(26-16(30)6-2)21(33)23-13-11-9-10-12-14-24-22(34)20(27-17(31)7-3)28-18(32)8-4/h5-8,19-20H,1-4,9-14H2,(H,23,33)(H,24,34)(H,25,29)(H,26,30)(H,27,31)(H,28,32). The number of hydrogen-bond acceptors (Lipinski definition) is 6. The third kappa shape index (κ3) is 13.2. The van der Waals surface area contributed by atoms with Crippen molar-refractivity contribution in [1.29, 1.82) is 0 Å². The zero-order valence-electron chi connectivity index (χ0n) is 19.0. The van der Waals surface area contributed by atoms with E-state index in [1.807, 2.05) is 0 Å². The molecule has 0 aliphatic heterocycles. The van der Waals surface area contributed by atoms with E-state index in [0.29, 0.717) is 25.9 Å². The summed E-state index contributed by atoms with van der Waals surface area (Å²) in [5, 5.41) is 14.4. The summed E-state index contributed by atoms with van der Waals surface area (Å²) in [6.45, 7) is 13.8. The molecule has 0 aliphatic carbocycles. The van der Waals surface area contributed by atoms with Crippen LogP contribution in [0.25, 0.3) is 0 Å². The van der Waals surface area contributed by atoms with Crippen LogP contribution in [-0.2, 0) is 28.8 Å². The number of carbonyl (C=O) groups excluding carboxylic acids is 6. The minimum Gasteiger partial charge on any atom is -0.353 e. The zero-order valence-corrected chi connectivity index (χ0v) is 19.0. The first-order chi connectivity index (χ1) is 16.2. The van der Waals surface area contributed by atoms with Crippen molar-refractivity contribution in [3.05, 3.63) is 50.6 Å². The lowest BCUT2D eigenvalue weighted by Gasteiger charge is -2.18. The van der Waals surface area contributed by atoms with Crippen LogP contribution in [0.2, 0.25) is 0 Å². The average Bonchev–Trinajstić information content (AvgIpc) is 2.83. The maximum atomic E-state index is 12.2. The molecule has 0 saturated heterocycles. The van der Waals surface area contributed by atoms with Crippen LogP contribution >= 0.6 is 0 Å². The maximum Gasteiger partial charge on any atom is 0.263 e. The summed E-state index contributed by atoms with van der Waals surface area (Å²) >= 11 is 0. The Kier molecular flexibility index (Phi) is 15.2. The highest BCUT2D eigenvalue weighted by atomic mass is 16.2. The molecule has 0 spiro atoms. The average molecular weight is 477 g/mol. The van der Waals surface area contributed by atoms with Crippen LogP contribution in [0.1, 0.15) is 25.7 Å². The second kappa shape index (κ2) is 17.3. The van der Waals surface area contributed by atoms with Crippen molar-refractivity contribution in [2.24, 2.45) is 0 Å². The first kappa shape index (κ1) is 29.8. The Morgan fingerprint density at radius 1 is 0.500 bits per heavy atom. The van der Waals surface area contributed by atoms with Gasteiger partial charge in [0.05, 0.1) is 0 Å². The van der Waals surface area contributed by atoms with Gasteiger partial charge < -0.3 is 31.9 Å². The summed E-state index contributed by atoms with van der Waals surface area (Å²) in [5.41, 5.74) is 0. The van der Waals surface area contributed by atoms with Crippen molar-refractivity contribution in [2.75, 3.05) is 13.1 Å². The Labute approximate surface area is 198 Å². The lowest BCUT2D eigenvalue weighted by Crippen LogP contribution is -2.56. The predicted octanol–water partition coefficient (Wildman–Crippen LogP) is -1.36. The van der Waals surface area contributed by atoms with Crippen LogP contribution in [0.15, 0.2) is 50.6 Å². The Morgan fingerprint density at radius 3 is 1.00 bits per heavy atom. The molecule has 0 bridgehead atoms. The molecular formula is C22H32N6O6. The summed E-state index contributed by atoms with van der Waals surface area (Å²) in [6.07, 6.45) is 4.05. The van der Waals surface area contributed by atoms with Crippen molar-refractivity contribution in [1.82, 2.24) is 31.9 Å². The SMILES string of the molecule is C=CC(=O)NC(NC(=O)C=C)C(=O)NCCCCCCNC(=O)C(NC(=O)C=C)NC(=O)C=C. The molecule has 186 valence electrons. The Bertz CT molecular complexity index is 700. The molecule has 0 radical (unpaired) electrons. The number of carbonyl (C=O) groups is 6. The van der Waals surface area contributed by atoms with Gasteiger partial charge in [-0.25, -0.2) is 0 Å². The molecule has 0 atom stereocenters. The van der Waals surface area contributed by atoms with Gasteiger partial charge >= 0.3 is 0 Å². The molecule has 0 fully saturated rings. The maximum absolute atomic E-state index is 12.2. The second-order valence-electron chi connectivity index (χ2n) is 6.71. The van der Waals surface area contributed by atoms with E-state index in [1.54, 1.807) is 0 Å². The number of rotatable bonds is 17. The molecular weight excluding hydrogens is 444 g/mol. The van der Waals surface area contributed by atoms with Gasteiger partial charge in [0.15, 0.2) is 12.3 Å². The molecule has 12 nitrogen and oxygen atoms in total. The van der Waals surface area contributed by atoms with Gasteiger partial charge in [0.25, 0.3) is 11.8 Å². The lowest BCUT2D eigenvalue weighted by atomic mass is 10.2. The lowest BCUT2D eigenvalue weighted by molar-refractivity contribution is -0.130. The summed E-state index contributed by atoms with van der Waals surface area (Å²) < 4.78 is 0. The molecule has 34 heavy (non-hydrogen) atoms. The minimum absolute atomic E-state index is 0.304. The molecule has 0 heterocycles. The Hall–Kier alpha value is -4.22. The van der Waals surface area contributed by atoms with Gasteiger partial charge in [-0.2, -0.15) is 0 Å². The van der Waals surface area contributed by atoms with Crippen LogP contribution in [0.5, 0.6) is 0 Å². The van der Waals surface area contributed by atoms with Crippen molar-refractivity contribution in [3.63, 3.8) is 0 Å². The number of amides is 6. The third-order valence-corrected chi connectivity index (χ3v) is 4.11. The number of nitrogens with one attached hydrogen (secondary N) is 6. The summed E-state index contributed by atoms with van der Waals surface area (Å²) in [5.74, 6) is -3.67. The van der Waals surface area contributed by atoms with E-state index < -0.39 is 47.8 Å². The number of unbranched alkanes of at least 4 members (excludes halogenated alkanes) is 3. The van der Waals surface area contributed by atoms with Crippen molar-refractivity contribution in [2.45, 2.75) is 38.0 Å². The van der Waals surface area contributed by atoms with Gasteiger partial charge in [-0.15, -0.1) is 0 Å². The van der Waals surface area contributed by atoms with Crippen LogP contribution in [0.3, 0.4) is 0 Å². The smallest absolute Gasteiger partial charge is 0.263 e. The first-order valence-electron chi connectivity index (χ1n) is 10.5. The van der Waals surface area contributed by atoms with Gasteiger partial charge in [0.1, 0.15) is 0 Å². The number of hydrogen-bond donors (Lipinski definition) is 6. The topological polar surface area (TPSA) is 175 Å². The van der Waals surface area contributed by atoms with E-state index in [9.17, 15) is 28.8 Å². The molecule has 0 unspecified atom stereocenters. The normalized spacial score (nSPS) is 9.82. The van der Waals surface area contributed by atoms with Gasteiger partial charge in [-0.3, -0.25) is 28.8 Å². The summed E-state index contributed by atoms with van der Waals surface area (Å²) in [7, 11) is 0. The van der Waals surface area contributed by atoms with E-state index in [4.69, 9.17) is 0 Å². The van der Waals surface area contributed by atoms with Gasteiger partial charge in [-0.05, 0) is 37.1 Å². The molecule has 0 saturated carbocycles. The zero-order chi connectivity index (χ0) is 25.9. The highest BCUT2D eigenvalue weighted by Crippen LogP contribution is 1.98. The van der Waals surface area contributed by atoms with Crippen LogP contribution in [0, 0.1) is 0 Å². The van der Waals surface area contributed by atoms with E-state index in [0.717, 1.165) is 37.1 Å². The van der Waals surface area contributed by atoms with Crippen LogP contribution in [0.4, 0.5) is 0 Å². The van der Waals surface area contributed by atoms with Crippen molar-refractivity contribution in [3.8, 4) is 0 Å². The van der Waals surface area contributed by atoms with Gasteiger partial charge in [0.2, 0.25) is 23.6 Å². The summed E-state index contributed by atoms with van der Waals surface area (Å²) in [6, 6.07) is 0. The molecule has 6 N–H and O–H groups in total. The van der Waals surface area contributed by atoms with Gasteiger partial charge in [-0.1, -0.05) is 39.2 Å².